The summed E-state index contributed by atoms with van der Waals surface area (Å²) in [5.41, 5.74) is -1.16. The SMILES string of the molecule is O=C(O)c1ccc(-c2cnn(C(Cc3ncco3)c3ccc(-c4c(-n5cnc(C(F)(F)F)c5)ccc(Cl)c4F)c[n+]3[O-])c2)cc1F. The number of oxazole rings is 1. The largest absolute Gasteiger partial charge is 0.618 e. The van der Waals surface area contributed by atoms with Crippen molar-refractivity contribution in [3.05, 3.63) is 131 Å². The molecule has 234 valence electrons. The summed E-state index contributed by atoms with van der Waals surface area (Å²) in [7, 11) is 0. The van der Waals surface area contributed by atoms with Crippen LogP contribution in [-0.2, 0) is 12.6 Å². The Bertz CT molecular complexity index is 2080. The second-order valence-corrected chi connectivity index (χ2v) is 10.3. The average Bonchev–Trinajstić information content (AvgIpc) is 3.79. The number of hydrogen-bond donors (Lipinski definition) is 1. The van der Waals surface area contributed by atoms with Gasteiger partial charge in [0.25, 0.3) is 0 Å². The van der Waals surface area contributed by atoms with Crippen LogP contribution in [0.4, 0.5) is 22.0 Å². The Kier molecular flexibility index (Phi) is 7.77. The van der Waals surface area contributed by atoms with E-state index in [9.17, 15) is 27.6 Å². The van der Waals surface area contributed by atoms with Crippen LogP contribution in [0.5, 0.6) is 0 Å². The highest BCUT2D eigenvalue weighted by molar-refractivity contribution is 6.31. The lowest BCUT2D eigenvalue weighted by molar-refractivity contribution is -0.615. The first-order valence-electron chi connectivity index (χ1n) is 13.2. The molecular weight excluding hydrogens is 639 g/mol. The lowest BCUT2D eigenvalue weighted by atomic mass is 10.0. The molecule has 0 aliphatic heterocycles. The third-order valence-corrected chi connectivity index (χ3v) is 7.40. The van der Waals surface area contributed by atoms with Gasteiger partial charge in [-0.1, -0.05) is 17.7 Å². The van der Waals surface area contributed by atoms with Gasteiger partial charge in [0.2, 0.25) is 5.69 Å². The first-order valence-corrected chi connectivity index (χ1v) is 13.6. The van der Waals surface area contributed by atoms with E-state index < -0.39 is 41.1 Å². The van der Waals surface area contributed by atoms with E-state index in [2.05, 4.69) is 15.1 Å². The number of carboxylic acid groups (broad SMARTS) is 1. The van der Waals surface area contributed by atoms with E-state index in [0.29, 0.717) is 22.1 Å². The third-order valence-electron chi connectivity index (χ3n) is 7.10. The molecule has 0 saturated carbocycles. The van der Waals surface area contributed by atoms with Crippen LogP contribution in [0.1, 0.15) is 33.7 Å². The van der Waals surface area contributed by atoms with Crippen molar-refractivity contribution in [3.8, 4) is 27.9 Å². The zero-order chi connectivity index (χ0) is 32.7. The number of hydrogen-bond acceptors (Lipinski definition) is 6. The molecule has 6 aromatic rings. The molecule has 1 unspecified atom stereocenters. The van der Waals surface area contributed by atoms with Crippen LogP contribution >= 0.6 is 11.6 Å². The summed E-state index contributed by atoms with van der Waals surface area (Å²) in [5, 5.41) is 26.7. The molecule has 0 aliphatic carbocycles. The van der Waals surface area contributed by atoms with Crippen LogP contribution in [0.15, 0.2) is 90.5 Å². The number of halogens is 6. The lowest BCUT2D eigenvalue weighted by Gasteiger charge is -2.17. The Hall–Kier alpha value is -5.57. The van der Waals surface area contributed by atoms with Crippen LogP contribution in [0, 0.1) is 16.8 Å². The van der Waals surface area contributed by atoms with Crippen molar-refractivity contribution in [1.29, 1.82) is 0 Å². The molecule has 0 bridgehead atoms. The summed E-state index contributed by atoms with van der Waals surface area (Å²) in [5.74, 6) is -3.09. The van der Waals surface area contributed by atoms with E-state index in [1.807, 2.05) is 0 Å². The van der Waals surface area contributed by atoms with Crippen molar-refractivity contribution in [2.45, 2.75) is 18.6 Å². The molecule has 6 rings (SSSR count). The maximum Gasteiger partial charge on any atom is 0.434 e. The summed E-state index contributed by atoms with van der Waals surface area (Å²) in [6.45, 7) is 0. The van der Waals surface area contributed by atoms with Gasteiger partial charge < -0.3 is 19.3 Å². The predicted molar refractivity (Wildman–Crippen MR) is 151 cm³/mol. The Morgan fingerprint density at radius 3 is 2.50 bits per heavy atom. The topological polar surface area (TPSA) is 126 Å². The number of benzene rings is 2. The molecule has 4 heterocycles. The van der Waals surface area contributed by atoms with E-state index in [1.54, 1.807) is 0 Å². The Balaban J connectivity index is 1.41. The molecule has 2 aromatic carbocycles. The summed E-state index contributed by atoms with van der Waals surface area (Å²) < 4.78 is 77.7. The number of aromatic nitrogens is 6. The van der Waals surface area contributed by atoms with Gasteiger partial charge in [-0.3, -0.25) is 4.68 Å². The third kappa shape index (κ3) is 5.79. The number of nitrogens with zero attached hydrogens (tertiary/aromatic N) is 6. The number of aromatic carboxylic acids is 1. The second-order valence-electron chi connectivity index (χ2n) is 9.94. The van der Waals surface area contributed by atoms with Gasteiger partial charge in [-0.15, -0.1) is 0 Å². The number of carbonyl (C=O) groups is 1. The lowest BCUT2D eigenvalue weighted by Crippen LogP contribution is -2.36. The minimum atomic E-state index is -4.74. The predicted octanol–water partition coefficient (Wildman–Crippen LogP) is 6.50. The standard InChI is InChI=1S/C30H18ClF5N6O4/c31-20-4-6-23(40-14-25(38-15-40)30(34,35)36)27(28(20)33)17-2-5-22(42(45)13-17)24(10-26-37-7-8-46-26)41-12-18(11-39-41)16-1-3-19(29(43)44)21(32)9-16/h1-9,11-15,24H,10H2,(H,43,44). The van der Waals surface area contributed by atoms with Crippen molar-refractivity contribution >= 4 is 17.6 Å². The molecule has 0 radical (unpaired) electrons. The summed E-state index contributed by atoms with van der Waals surface area (Å²) in [6.07, 6.45) is 3.55. The molecular formula is C30H18ClF5N6O4. The second kappa shape index (κ2) is 11.7. The minimum Gasteiger partial charge on any atom is -0.618 e. The van der Waals surface area contributed by atoms with E-state index in [1.165, 1.54) is 59.9 Å². The van der Waals surface area contributed by atoms with E-state index in [4.69, 9.17) is 21.1 Å². The Labute approximate surface area is 260 Å². The van der Waals surface area contributed by atoms with Gasteiger partial charge in [-0.05, 0) is 35.9 Å². The summed E-state index contributed by atoms with van der Waals surface area (Å²) in [4.78, 5) is 18.7. The van der Waals surface area contributed by atoms with Gasteiger partial charge in [0.1, 0.15) is 18.1 Å². The van der Waals surface area contributed by atoms with Gasteiger partial charge >= 0.3 is 12.1 Å². The fourth-order valence-corrected chi connectivity index (χ4v) is 5.07. The Morgan fingerprint density at radius 2 is 1.85 bits per heavy atom. The van der Waals surface area contributed by atoms with E-state index in [0.717, 1.165) is 29.2 Å². The maximum absolute atomic E-state index is 15.5. The molecule has 0 spiro atoms. The van der Waals surface area contributed by atoms with Crippen LogP contribution in [-0.4, -0.2) is 35.4 Å². The van der Waals surface area contributed by atoms with Crippen molar-refractivity contribution in [1.82, 2.24) is 24.3 Å². The summed E-state index contributed by atoms with van der Waals surface area (Å²) in [6, 6.07) is 7.97. The number of rotatable bonds is 8. The average molecular weight is 657 g/mol. The van der Waals surface area contributed by atoms with E-state index in [-0.39, 0.29) is 39.8 Å². The van der Waals surface area contributed by atoms with Crippen LogP contribution in [0.2, 0.25) is 5.02 Å². The maximum atomic E-state index is 15.5. The zero-order valence-electron chi connectivity index (χ0n) is 23.0. The first kappa shape index (κ1) is 30.5. The minimum absolute atomic E-state index is 0.000956. The highest BCUT2D eigenvalue weighted by atomic mass is 35.5. The van der Waals surface area contributed by atoms with Crippen LogP contribution in [0.3, 0.4) is 0 Å². The zero-order valence-corrected chi connectivity index (χ0v) is 23.7. The fraction of sp³-hybridized carbons (Fsp3) is 0.100. The number of carboxylic acids is 1. The number of pyridine rings is 1. The van der Waals surface area contributed by atoms with Crippen molar-refractivity contribution in [3.63, 3.8) is 0 Å². The Morgan fingerprint density at radius 1 is 1.07 bits per heavy atom. The molecule has 1 atom stereocenters. The number of alkyl halides is 3. The molecule has 10 nitrogen and oxygen atoms in total. The molecule has 0 fully saturated rings. The molecule has 46 heavy (non-hydrogen) atoms. The van der Waals surface area contributed by atoms with Gasteiger partial charge in [-0.25, -0.2) is 23.5 Å². The highest BCUT2D eigenvalue weighted by Crippen LogP contribution is 2.36. The van der Waals surface area contributed by atoms with Crippen molar-refractivity contribution in [2.75, 3.05) is 0 Å². The molecule has 4 aromatic heterocycles. The van der Waals surface area contributed by atoms with Crippen LogP contribution < -0.4 is 4.73 Å². The quantitative estimate of drug-likeness (QED) is 0.113. The molecule has 0 amide bonds. The first-order chi connectivity index (χ1) is 21.9. The number of imidazole rings is 1. The monoisotopic (exact) mass is 656 g/mol. The summed E-state index contributed by atoms with van der Waals surface area (Å²) >= 11 is 6.02. The van der Waals surface area contributed by atoms with Gasteiger partial charge in [0.15, 0.2) is 23.6 Å². The molecule has 16 heteroatoms. The normalized spacial score (nSPS) is 12.4. The molecule has 0 saturated heterocycles. The van der Waals surface area contributed by atoms with Crippen molar-refractivity contribution < 1.29 is 41.0 Å². The molecule has 0 aliphatic rings. The van der Waals surface area contributed by atoms with E-state index >= 15 is 4.39 Å². The van der Waals surface area contributed by atoms with Gasteiger partial charge in [-0.2, -0.15) is 23.0 Å². The van der Waals surface area contributed by atoms with Crippen LogP contribution in [0.25, 0.3) is 27.9 Å². The van der Waals surface area contributed by atoms with Gasteiger partial charge in [0, 0.05) is 29.6 Å². The smallest absolute Gasteiger partial charge is 0.434 e. The highest BCUT2D eigenvalue weighted by Gasteiger charge is 2.34. The van der Waals surface area contributed by atoms with Gasteiger partial charge in [0.05, 0.1) is 47.0 Å². The molecule has 1 N–H and O–H groups in total. The fourth-order valence-electron chi connectivity index (χ4n) is 4.91. The van der Waals surface area contributed by atoms with Crippen molar-refractivity contribution in [2.24, 2.45) is 0 Å².